The highest BCUT2D eigenvalue weighted by Crippen LogP contribution is 2.24. The molecule has 1 aromatic heterocycles. The molecule has 2 unspecified atom stereocenters. The number of carbonyl (C=O) groups is 1. The summed E-state index contributed by atoms with van der Waals surface area (Å²) in [6.07, 6.45) is 7.81. The number of anilines is 1. The molecule has 2 atom stereocenters. The van der Waals surface area contributed by atoms with Crippen LogP contribution in [0.1, 0.15) is 37.7 Å². The number of aromatic nitrogens is 1. The Morgan fingerprint density at radius 3 is 2.82 bits per heavy atom. The third-order valence-electron chi connectivity index (χ3n) is 6.38. The maximum atomic E-state index is 13.2. The van der Waals surface area contributed by atoms with Gasteiger partial charge < -0.3 is 14.5 Å². The van der Waals surface area contributed by atoms with E-state index in [1.54, 1.807) is 0 Å². The molecule has 4 rings (SSSR count). The highest BCUT2D eigenvalue weighted by atomic mass is 16.5. The second kappa shape index (κ2) is 9.23. The van der Waals surface area contributed by atoms with E-state index in [1.807, 2.05) is 6.20 Å². The van der Waals surface area contributed by atoms with Gasteiger partial charge in [-0.2, -0.15) is 0 Å². The molecule has 0 aliphatic carbocycles. The first-order valence-corrected chi connectivity index (χ1v) is 11.0. The van der Waals surface area contributed by atoms with E-state index in [9.17, 15) is 4.79 Å². The number of pyridine rings is 1. The fourth-order valence-corrected chi connectivity index (χ4v) is 4.74. The maximum absolute atomic E-state index is 13.2. The number of carbonyl (C=O) groups excluding carboxylic acids is 1. The minimum Gasteiger partial charge on any atom is -0.377 e. The van der Waals surface area contributed by atoms with Gasteiger partial charge in [0, 0.05) is 52.1 Å². The SMILES string of the molecule is Cc1ccc(N2CCCC(C(=O)N3CCCN(CC4CCCO4)CC3)C2)nc1. The molecule has 3 saturated heterocycles. The fourth-order valence-electron chi connectivity index (χ4n) is 4.74. The Morgan fingerprint density at radius 2 is 2.04 bits per heavy atom. The van der Waals surface area contributed by atoms with Crippen molar-refractivity contribution in [3.05, 3.63) is 23.9 Å². The van der Waals surface area contributed by atoms with Gasteiger partial charge >= 0.3 is 0 Å². The first-order valence-electron chi connectivity index (χ1n) is 11.0. The Hall–Kier alpha value is -1.66. The number of hydrogen-bond acceptors (Lipinski definition) is 5. The van der Waals surface area contributed by atoms with Gasteiger partial charge in [-0.3, -0.25) is 9.69 Å². The van der Waals surface area contributed by atoms with Gasteiger partial charge in [-0.15, -0.1) is 0 Å². The van der Waals surface area contributed by atoms with E-state index in [2.05, 4.69) is 38.7 Å². The zero-order valence-corrected chi connectivity index (χ0v) is 17.2. The molecule has 0 aromatic carbocycles. The number of rotatable bonds is 4. The van der Waals surface area contributed by atoms with Crippen LogP contribution in [0.4, 0.5) is 5.82 Å². The van der Waals surface area contributed by atoms with Gasteiger partial charge in [-0.05, 0) is 57.2 Å². The van der Waals surface area contributed by atoms with E-state index in [-0.39, 0.29) is 5.92 Å². The molecule has 1 aromatic rings. The minimum absolute atomic E-state index is 0.0987. The summed E-state index contributed by atoms with van der Waals surface area (Å²) in [5.74, 6) is 1.44. The van der Waals surface area contributed by atoms with Crippen molar-refractivity contribution in [1.82, 2.24) is 14.8 Å². The number of piperidine rings is 1. The molecule has 3 fully saturated rings. The average Bonchev–Trinajstić information content (AvgIpc) is 3.12. The summed E-state index contributed by atoms with van der Waals surface area (Å²) in [6, 6.07) is 4.18. The molecule has 0 bridgehead atoms. The van der Waals surface area contributed by atoms with Crippen molar-refractivity contribution in [2.75, 3.05) is 57.3 Å². The highest BCUT2D eigenvalue weighted by Gasteiger charge is 2.31. The molecule has 0 spiro atoms. The third-order valence-corrected chi connectivity index (χ3v) is 6.38. The monoisotopic (exact) mass is 386 g/mol. The largest absolute Gasteiger partial charge is 0.377 e. The summed E-state index contributed by atoms with van der Waals surface area (Å²) in [6.45, 7) is 9.58. The topological polar surface area (TPSA) is 48.9 Å². The minimum atomic E-state index is 0.0987. The number of aryl methyl sites for hydroxylation is 1. The first-order chi connectivity index (χ1) is 13.7. The van der Waals surface area contributed by atoms with E-state index < -0.39 is 0 Å². The number of nitrogens with zero attached hydrogens (tertiary/aromatic N) is 4. The van der Waals surface area contributed by atoms with Gasteiger partial charge in [0.05, 0.1) is 12.0 Å². The molecule has 6 nitrogen and oxygen atoms in total. The fraction of sp³-hybridized carbons (Fsp3) is 0.727. The summed E-state index contributed by atoms with van der Waals surface area (Å²) in [7, 11) is 0. The van der Waals surface area contributed by atoms with Crippen LogP contribution in [0.25, 0.3) is 0 Å². The number of amides is 1. The van der Waals surface area contributed by atoms with Crippen LogP contribution in [0.15, 0.2) is 18.3 Å². The number of hydrogen-bond donors (Lipinski definition) is 0. The Balaban J connectivity index is 1.31. The van der Waals surface area contributed by atoms with Gasteiger partial charge in [-0.1, -0.05) is 6.07 Å². The second-order valence-electron chi connectivity index (χ2n) is 8.59. The highest BCUT2D eigenvalue weighted by molar-refractivity contribution is 5.79. The smallest absolute Gasteiger partial charge is 0.227 e. The molecular formula is C22H34N4O2. The summed E-state index contributed by atoms with van der Waals surface area (Å²) in [5, 5.41) is 0. The van der Waals surface area contributed by atoms with Gasteiger partial charge in [-0.25, -0.2) is 4.98 Å². The van der Waals surface area contributed by atoms with Crippen molar-refractivity contribution in [3.8, 4) is 0 Å². The molecule has 28 heavy (non-hydrogen) atoms. The molecule has 0 radical (unpaired) electrons. The lowest BCUT2D eigenvalue weighted by atomic mass is 9.96. The predicted molar refractivity (Wildman–Crippen MR) is 111 cm³/mol. The molecule has 0 N–H and O–H groups in total. The number of ether oxygens (including phenoxy) is 1. The van der Waals surface area contributed by atoms with Crippen LogP contribution in [0.2, 0.25) is 0 Å². The van der Waals surface area contributed by atoms with Crippen molar-refractivity contribution in [3.63, 3.8) is 0 Å². The summed E-state index contributed by atoms with van der Waals surface area (Å²) < 4.78 is 5.79. The summed E-state index contributed by atoms with van der Waals surface area (Å²) in [4.78, 5) is 24.7. The molecular weight excluding hydrogens is 352 g/mol. The van der Waals surface area contributed by atoms with Crippen LogP contribution < -0.4 is 4.90 Å². The van der Waals surface area contributed by atoms with Gasteiger partial charge in [0.1, 0.15) is 5.82 Å². The standard InChI is InChI=1S/C22H34N4O2/c1-18-7-8-21(23-15-18)26-10-2-5-19(16-26)22(27)25-11-4-9-24(12-13-25)17-20-6-3-14-28-20/h7-8,15,19-20H,2-6,9-14,16-17H2,1H3. The quantitative estimate of drug-likeness (QED) is 0.795. The first kappa shape index (κ1) is 19.6. The van der Waals surface area contributed by atoms with E-state index in [0.29, 0.717) is 12.0 Å². The lowest BCUT2D eigenvalue weighted by molar-refractivity contribution is -0.135. The molecule has 4 heterocycles. The van der Waals surface area contributed by atoms with Crippen molar-refractivity contribution in [2.45, 2.75) is 45.1 Å². The van der Waals surface area contributed by atoms with Crippen molar-refractivity contribution in [2.24, 2.45) is 5.92 Å². The van der Waals surface area contributed by atoms with Crippen LogP contribution in [-0.2, 0) is 9.53 Å². The van der Waals surface area contributed by atoms with Gasteiger partial charge in [0.15, 0.2) is 0 Å². The molecule has 3 aliphatic heterocycles. The average molecular weight is 387 g/mol. The van der Waals surface area contributed by atoms with Crippen LogP contribution in [-0.4, -0.2) is 79.2 Å². The maximum Gasteiger partial charge on any atom is 0.227 e. The van der Waals surface area contributed by atoms with Crippen molar-refractivity contribution >= 4 is 11.7 Å². The normalized spacial score (nSPS) is 27.0. The van der Waals surface area contributed by atoms with Crippen LogP contribution in [0.5, 0.6) is 0 Å². The zero-order chi connectivity index (χ0) is 19.3. The Labute approximate surface area is 168 Å². The molecule has 1 amide bonds. The lowest BCUT2D eigenvalue weighted by Gasteiger charge is -2.35. The van der Waals surface area contributed by atoms with Crippen LogP contribution >= 0.6 is 0 Å². The molecule has 154 valence electrons. The Kier molecular flexibility index (Phi) is 6.47. The van der Waals surface area contributed by atoms with Crippen molar-refractivity contribution in [1.29, 1.82) is 0 Å². The second-order valence-corrected chi connectivity index (χ2v) is 8.59. The Morgan fingerprint density at radius 1 is 1.11 bits per heavy atom. The van der Waals surface area contributed by atoms with E-state index in [1.165, 1.54) is 18.4 Å². The van der Waals surface area contributed by atoms with Gasteiger partial charge in [0.25, 0.3) is 0 Å². The molecule has 6 heteroatoms. The van der Waals surface area contributed by atoms with Crippen LogP contribution in [0.3, 0.4) is 0 Å². The lowest BCUT2D eigenvalue weighted by Crippen LogP contribution is -2.46. The van der Waals surface area contributed by atoms with E-state index >= 15 is 0 Å². The van der Waals surface area contributed by atoms with E-state index in [0.717, 1.165) is 77.5 Å². The van der Waals surface area contributed by atoms with Gasteiger partial charge in [0.2, 0.25) is 5.91 Å². The summed E-state index contributed by atoms with van der Waals surface area (Å²) in [5.41, 5.74) is 1.17. The van der Waals surface area contributed by atoms with Crippen molar-refractivity contribution < 1.29 is 9.53 Å². The predicted octanol–water partition coefficient (Wildman–Crippen LogP) is 2.32. The molecule has 0 saturated carbocycles. The third kappa shape index (κ3) is 4.84. The van der Waals surface area contributed by atoms with Crippen LogP contribution in [0, 0.1) is 12.8 Å². The zero-order valence-electron chi connectivity index (χ0n) is 17.2. The molecule has 3 aliphatic rings. The summed E-state index contributed by atoms with van der Waals surface area (Å²) >= 11 is 0. The Bertz CT molecular complexity index is 644. The van der Waals surface area contributed by atoms with E-state index in [4.69, 9.17) is 4.74 Å².